The Bertz CT molecular complexity index is 1070. The number of hydrogen-bond donors (Lipinski definition) is 1. The second-order valence-electron chi connectivity index (χ2n) is 6.30. The van der Waals surface area contributed by atoms with Crippen molar-refractivity contribution in [2.75, 3.05) is 0 Å². The van der Waals surface area contributed by atoms with Gasteiger partial charge >= 0.3 is 0 Å². The number of para-hydroxylation sites is 1. The van der Waals surface area contributed by atoms with Crippen molar-refractivity contribution in [1.82, 2.24) is 20.1 Å². The van der Waals surface area contributed by atoms with Crippen LogP contribution in [0.5, 0.6) is 0 Å². The Morgan fingerprint density at radius 2 is 1.85 bits per heavy atom. The van der Waals surface area contributed by atoms with Crippen molar-refractivity contribution in [3.63, 3.8) is 0 Å². The van der Waals surface area contributed by atoms with Crippen LogP contribution in [-0.4, -0.2) is 20.7 Å². The summed E-state index contributed by atoms with van der Waals surface area (Å²) in [5, 5.41) is 12.1. The van der Waals surface area contributed by atoms with E-state index in [-0.39, 0.29) is 12.5 Å². The first-order valence-electron chi connectivity index (χ1n) is 8.96. The van der Waals surface area contributed by atoms with Gasteiger partial charge in [-0.25, -0.2) is 0 Å². The number of carbonyl (C=O) groups is 1. The van der Waals surface area contributed by atoms with Gasteiger partial charge in [-0.1, -0.05) is 55.5 Å². The lowest BCUT2D eigenvalue weighted by Crippen LogP contribution is -2.26. The Kier molecular flexibility index (Phi) is 4.70. The number of fused-ring (bicyclic) bond motifs is 1. The van der Waals surface area contributed by atoms with E-state index in [1.54, 1.807) is 0 Å². The van der Waals surface area contributed by atoms with E-state index in [9.17, 15) is 4.79 Å². The van der Waals surface area contributed by atoms with Gasteiger partial charge in [0.05, 0.1) is 5.56 Å². The molecule has 1 amide bonds. The van der Waals surface area contributed by atoms with Crippen molar-refractivity contribution in [3.05, 3.63) is 72.2 Å². The van der Waals surface area contributed by atoms with Crippen molar-refractivity contribution in [3.8, 4) is 11.5 Å². The lowest BCUT2D eigenvalue weighted by molar-refractivity contribution is -0.121. The number of nitrogens with zero attached hydrogens (tertiary/aromatic N) is 3. The van der Waals surface area contributed by atoms with E-state index in [4.69, 9.17) is 4.42 Å². The summed E-state index contributed by atoms with van der Waals surface area (Å²) in [5.41, 5.74) is 2.87. The molecule has 1 N–H and O–H groups in total. The molecule has 0 aliphatic rings. The number of nitrogens with one attached hydrogen (secondary N) is 1. The summed E-state index contributed by atoms with van der Waals surface area (Å²) >= 11 is 0. The minimum Gasteiger partial charge on any atom is -0.421 e. The molecule has 0 aliphatic carbocycles. The molecule has 2 aromatic carbocycles. The van der Waals surface area contributed by atoms with Gasteiger partial charge in [-0.05, 0) is 11.6 Å². The molecule has 0 saturated carbocycles. The lowest BCUT2D eigenvalue weighted by atomic mass is 10.2. The predicted molar refractivity (Wildman–Crippen MR) is 103 cm³/mol. The van der Waals surface area contributed by atoms with E-state index in [1.807, 2.05) is 72.3 Å². The van der Waals surface area contributed by atoms with E-state index in [1.165, 1.54) is 0 Å². The zero-order chi connectivity index (χ0) is 18.6. The van der Waals surface area contributed by atoms with Gasteiger partial charge in [0.15, 0.2) is 0 Å². The third-order valence-corrected chi connectivity index (χ3v) is 4.43. The first kappa shape index (κ1) is 17.0. The van der Waals surface area contributed by atoms with Gasteiger partial charge in [-0.3, -0.25) is 4.79 Å². The van der Waals surface area contributed by atoms with E-state index in [2.05, 4.69) is 15.5 Å². The van der Waals surface area contributed by atoms with Gasteiger partial charge < -0.3 is 14.3 Å². The highest BCUT2D eigenvalue weighted by atomic mass is 16.4. The van der Waals surface area contributed by atoms with Crippen LogP contribution in [0.1, 0.15) is 18.4 Å². The highest BCUT2D eigenvalue weighted by Crippen LogP contribution is 2.29. The molecule has 4 rings (SSSR count). The van der Waals surface area contributed by atoms with Gasteiger partial charge in [-0.15, -0.1) is 10.2 Å². The normalized spacial score (nSPS) is 11.0. The Morgan fingerprint density at radius 3 is 2.63 bits per heavy atom. The predicted octanol–water partition coefficient (Wildman–Crippen LogP) is 3.57. The number of carbonyl (C=O) groups excluding carboxylic acids is 1. The molecular weight excluding hydrogens is 340 g/mol. The summed E-state index contributed by atoms with van der Waals surface area (Å²) in [6.45, 7) is 2.70. The maximum atomic E-state index is 12.4. The second-order valence-corrected chi connectivity index (χ2v) is 6.30. The number of benzene rings is 2. The average Bonchev–Trinajstić information content (AvgIpc) is 3.32. The largest absolute Gasteiger partial charge is 0.421 e. The molecule has 6 heteroatoms. The smallest absolute Gasteiger partial charge is 0.249 e. The van der Waals surface area contributed by atoms with Gasteiger partial charge in [0.25, 0.3) is 0 Å². The number of amides is 1. The second kappa shape index (κ2) is 7.45. The van der Waals surface area contributed by atoms with Gasteiger partial charge in [0.2, 0.25) is 17.7 Å². The third kappa shape index (κ3) is 3.60. The fourth-order valence-electron chi connectivity index (χ4n) is 3.06. The average molecular weight is 360 g/mol. The van der Waals surface area contributed by atoms with E-state index in [0.717, 1.165) is 22.0 Å². The van der Waals surface area contributed by atoms with Crippen molar-refractivity contribution >= 4 is 16.8 Å². The molecule has 0 fully saturated rings. The lowest BCUT2D eigenvalue weighted by Gasteiger charge is -2.07. The zero-order valence-corrected chi connectivity index (χ0v) is 15.1. The van der Waals surface area contributed by atoms with Gasteiger partial charge in [0.1, 0.15) is 6.54 Å². The molecular formula is C21H20N4O2. The van der Waals surface area contributed by atoms with Crippen LogP contribution < -0.4 is 5.32 Å². The number of aryl methyl sites for hydroxylation is 1. The first-order chi connectivity index (χ1) is 13.2. The maximum absolute atomic E-state index is 12.4. The van der Waals surface area contributed by atoms with Crippen LogP contribution in [0.15, 0.2) is 65.2 Å². The van der Waals surface area contributed by atoms with E-state index in [0.29, 0.717) is 24.7 Å². The van der Waals surface area contributed by atoms with Crippen LogP contribution in [0.3, 0.4) is 0 Å². The quantitative estimate of drug-likeness (QED) is 0.570. The van der Waals surface area contributed by atoms with Crippen LogP contribution >= 0.6 is 0 Å². The van der Waals surface area contributed by atoms with Crippen LogP contribution in [0, 0.1) is 0 Å². The standard InChI is InChI=1S/C21H20N4O2/c1-2-20-23-24-21(27-20)17-13-25(18-11-7-6-10-16(17)18)14-19(26)22-12-15-8-4-3-5-9-15/h3-11,13H,2,12,14H2,1H3,(H,22,26). The molecule has 2 aromatic heterocycles. The highest BCUT2D eigenvalue weighted by Gasteiger charge is 2.16. The molecule has 0 aliphatic heterocycles. The SMILES string of the molecule is CCc1nnc(-c2cn(CC(=O)NCc3ccccc3)c3ccccc23)o1. The van der Waals surface area contributed by atoms with Gasteiger partial charge in [0, 0.05) is 30.1 Å². The van der Waals surface area contributed by atoms with Crippen molar-refractivity contribution in [2.45, 2.75) is 26.4 Å². The monoisotopic (exact) mass is 360 g/mol. The molecule has 0 saturated heterocycles. The topological polar surface area (TPSA) is 73.0 Å². The summed E-state index contributed by atoms with van der Waals surface area (Å²) in [7, 11) is 0. The summed E-state index contributed by atoms with van der Waals surface area (Å²) in [4.78, 5) is 12.4. The van der Waals surface area contributed by atoms with E-state index < -0.39 is 0 Å². The number of aromatic nitrogens is 3. The van der Waals surface area contributed by atoms with Crippen LogP contribution in [0.4, 0.5) is 0 Å². The van der Waals surface area contributed by atoms with E-state index >= 15 is 0 Å². The van der Waals surface area contributed by atoms with Crippen LogP contribution in [0.2, 0.25) is 0 Å². The number of rotatable bonds is 6. The molecule has 0 bridgehead atoms. The summed E-state index contributed by atoms with van der Waals surface area (Å²) in [5.74, 6) is 1.03. The summed E-state index contributed by atoms with van der Waals surface area (Å²) < 4.78 is 7.63. The highest BCUT2D eigenvalue weighted by molar-refractivity contribution is 5.94. The molecule has 136 valence electrons. The molecule has 0 atom stereocenters. The number of hydrogen-bond acceptors (Lipinski definition) is 4. The zero-order valence-electron chi connectivity index (χ0n) is 15.1. The van der Waals surface area contributed by atoms with Crippen molar-refractivity contribution in [1.29, 1.82) is 0 Å². The molecule has 0 radical (unpaired) electrons. The minimum atomic E-state index is -0.0501. The Morgan fingerprint density at radius 1 is 1.07 bits per heavy atom. The Balaban J connectivity index is 1.57. The fourth-order valence-corrected chi connectivity index (χ4v) is 3.06. The minimum absolute atomic E-state index is 0.0501. The fraction of sp³-hybridized carbons (Fsp3) is 0.190. The molecule has 0 unspecified atom stereocenters. The molecule has 0 spiro atoms. The first-order valence-corrected chi connectivity index (χ1v) is 8.96. The van der Waals surface area contributed by atoms with Crippen LogP contribution in [-0.2, 0) is 24.3 Å². The maximum Gasteiger partial charge on any atom is 0.249 e. The molecule has 27 heavy (non-hydrogen) atoms. The van der Waals surface area contributed by atoms with Crippen LogP contribution in [0.25, 0.3) is 22.4 Å². The molecule has 6 nitrogen and oxygen atoms in total. The van der Waals surface area contributed by atoms with Gasteiger partial charge in [-0.2, -0.15) is 0 Å². The Hall–Kier alpha value is -3.41. The Labute approximate surface area is 156 Å². The molecule has 2 heterocycles. The van der Waals surface area contributed by atoms with Crippen molar-refractivity contribution in [2.24, 2.45) is 0 Å². The third-order valence-electron chi connectivity index (χ3n) is 4.43. The summed E-state index contributed by atoms with van der Waals surface area (Å²) in [6.07, 6.45) is 2.59. The molecule has 4 aromatic rings. The summed E-state index contributed by atoms with van der Waals surface area (Å²) in [6, 6.07) is 17.8. The van der Waals surface area contributed by atoms with Crippen molar-refractivity contribution < 1.29 is 9.21 Å².